The molecule has 0 aliphatic carbocycles. The van der Waals surface area contributed by atoms with E-state index in [2.05, 4.69) is 0 Å². The fraction of sp³-hybridized carbons (Fsp3) is 0.130. The highest BCUT2D eigenvalue weighted by atomic mass is 32.2. The van der Waals surface area contributed by atoms with Crippen molar-refractivity contribution < 1.29 is 22.7 Å². The number of nitrogens with zero attached hydrogens (tertiary/aromatic N) is 1. The van der Waals surface area contributed by atoms with E-state index in [1.807, 2.05) is 0 Å². The minimum atomic E-state index is -1.05. The molecule has 0 spiro atoms. The van der Waals surface area contributed by atoms with Gasteiger partial charge >= 0.3 is 5.63 Å². The van der Waals surface area contributed by atoms with Crippen LogP contribution in [0, 0.1) is 17.5 Å². The Morgan fingerprint density at radius 3 is 2.47 bits per heavy atom. The summed E-state index contributed by atoms with van der Waals surface area (Å²) < 4.78 is 49.1. The molecule has 0 bridgehead atoms. The van der Waals surface area contributed by atoms with Crippen molar-refractivity contribution in [2.24, 2.45) is 0 Å². The highest BCUT2D eigenvalue weighted by Crippen LogP contribution is 2.45. The highest BCUT2D eigenvalue weighted by molar-refractivity contribution is 7.99. The Balaban J connectivity index is 1.84. The van der Waals surface area contributed by atoms with Gasteiger partial charge in [0.15, 0.2) is 5.75 Å². The molecule has 5 rings (SSSR count). The van der Waals surface area contributed by atoms with E-state index in [-0.39, 0.29) is 37.7 Å². The van der Waals surface area contributed by atoms with Gasteiger partial charge in [0.25, 0.3) is 5.56 Å². The first-order valence-corrected chi connectivity index (χ1v) is 10.3. The van der Waals surface area contributed by atoms with Gasteiger partial charge in [-0.2, -0.15) is 0 Å². The molecule has 0 atom stereocenters. The zero-order valence-corrected chi connectivity index (χ0v) is 17.5. The molecule has 162 valence electrons. The lowest BCUT2D eigenvalue weighted by Crippen LogP contribution is -2.24. The van der Waals surface area contributed by atoms with Crippen LogP contribution < -0.4 is 11.2 Å². The second kappa shape index (κ2) is 6.77. The summed E-state index contributed by atoms with van der Waals surface area (Å²) in [6.07, 6.45) is 0. The fourth-order valence-electron chi connectivity index (χ4n) is 4.15. The molecule has 4 aromatic rings. The molecule has 5 nitrogen and oxygen atoms in total. The second-order valence-electron chi connectivity index (χ2n) is 7.92. The van der Waals surface area contributed by atoms with Gasteiger partial charge in [0.2, 0.25) is 0 Å². The molecule has 0 amide bonds. The van der Waals surface area contributed by atoms with Crippen molar-refractivity contribution in [3.8, 4) is 11.4 Å². The van der Waals surface area contributed by atoms with Crippen LogP contribution in [0.4, 0.5) is 13.2 Å². The van der Waals surface area contributed by atoms with Gasteiger partial charge in [-0.3, -0.25) is 9.36 Å². The van der Waals surface area contributed by atoms with Gasteiger partial charge in [-0.15, -0.1) is 0 Å². The van der Waals surface area contributed by atoms with E-state index < -0.39 is 39.8 Å². The fourth-order valence-corrected chi connectivity index (χ4v) is 5.01. The molecule has 0 unspecified atom stereocenters. The Morgan fingerprint density at radius 2 is 1.75 bits per heavy atom. The van der Waals surface area contributed by atoms with Crippen molar-refractivity contribution in [1.82, 2.24) is 4.57 Å². The number of fused-ring (bicyclic) bond motifs is 4. The van der Waals surface area contributed by atoms with Gasteiger partial charge in [-0.05, 0) is 18.2 Å². The number of hydrogen-bond acceptors (Lipinski definition) is 5. The zero-order valence-electron chi connectivity index (χ0n) is 16.7. The minimum absolute atomic E-state index is 0.00306. The molecule has 2 aromatic heterocycles. The Kier molecular flexibility index (Phi) is 4.32. The van der Waals surface area contributed by atoms with Crippen molar-refractivity contribution in [3.05, 3.63) is 91.9 Å². The monoisotopic (exact) mass is 457 g/mol. The lowest BCUT2D eigenvalue weighted by molar-refractivity contribution is 0.445. The molecule has 32 heavy (non-hydrogen) atoms. The van der Waals surface area contributed by atoms with Gasteiger partial charge in [-0.1, -0.05) is 37.7 Å². The summed E-state index contributed by atoms with van der Waals surface area (Å²) in [6.45, 7) is 3.30. The van der Waals surface area contributed by atoms with E-state index in [1.165, 1.54) is 24.3 Å². The molecular weight excluding hydrogens is 443 g/mol. The third-order valence-corrected chi connectivity index (χ3v) is 6.72. The molecule has 9 heteroatoms. The van der Waals surface area contributed by atoms with Crippen LogP contribution in [0.5, 0.6) is 5.75 Å². The maximum Gasteiger partial charge on any atom is 0.354 e. The normalized spacial score (nSPS) is 13.9. The minimum Gasteiger partial charge on any atom is -0.505 e. The third kappa shape index (κ3) is 2.74. The summed E-state index contributed by atoms with van der Waals surface area (Å²) in [5.41, 5.74) is -2.65. The molecule has 0 radical (unpaired) electrons. The largest absolute Gasteiger partial charge is 0.505 e. The van der Waals surface area contributed by atoms with Gasteiger partial charge in [0.05, 0.1) is 5.69 Å². The number of rotatable bonds is 2. The highest BCUT2D eigenvalue weighted by Gasteiger charge is 2.41. The summed E-state index contributed by atoms with van der Waals surface area (Å²) in [4.78, 5) is 25.7. The molecule has 3 heterocycles. The van der Waals surface area contributed by atoms with Gasteiger partial charge in [-0.25, -0.2) is 18.0 Å². The summed E-state index contributed by atoms with van der Waals surface area (Å²) in [5.74, 6) is -2.99. The standard InChI is InChI=1S/C23H14F3NO4S/c1-23(2)16-9-14-17(21(29)27(16)13-8-10(24)7-12(26)18(13)23)19(28)20(22(30)31-14)32-15-6-4-3-5-11(15)25/h3-9,28H,1-2H3. The van der Waals surface area contributed by atoms with E-state index in [4.69, 9.17) is 4.42 Å². The van der Waals surface area contributed by atoms with Crippen molar-refractivity contribution in [1.29, 1.82) is 0 Å². The van der Waals surface area contributed by atoms with Gasteiger partial charge < -0.3 is 9.52 Å². The number of aromatic hydroxyl groups is 1. The number of hydrogen-bond donors (Lipinski definition) is 1. The van der Waals surface area contributed by atoms with Crippen LogP contribution in [0.1, 0.15) is 25.1 Å². The Hall–Kier alpha value is -3.46. The first kappa shape index (κ1) is 20.4. The molecule has 1 aliphatic rings. The van der Waals surface area contributed by atoms with Crippen LogP contribution in [0.2, 0.25) is 0 Å². The van der Waals surface area contributed by atoms with E-state index >= 15 is 0 Å². The van der Waals surface area contributed by atoms with E-state index in [0.29, 0.717) is 11.8 Å². The van der Waals surface area contributed by atoms with Crippen LogP contribution >= 0.6 is 11.8 Å². The molecule has 0 fully saturated rings. The van der Waals surface area contributed by atoms with Crippen molar-refractivity contribution in [3.63, 3.8) is 0 Å². The van der Waals surface area contributed by atoms with Crippen molar-refractivity contribution in [2.75, 3.05) is 0 Å². The summed E-state index contributed by atoms with van der Waals surface area (Å²) in [7, 11) is 0. The lowest BCUT2D eigenvalue weighted by atomic mass is 9.83. The lowest BCUT2D eigenvalue weighted by Gasteiger charge is -2.20. The average molecular weight is 457 g/mol. The predicted octanol–water partition coefficient (Wildman–Crippen LogP) is 4.86. The number of halogens is 3. The van der Waals surface area contributed by atoms with Crippen LogP contribution in [0.15, 0.2) is 66.3 Å². The van der Waals surface area contributed by atoms with Crippen molar-refractivity contribution >= 4 is 22.7 Å². The Morgan fingerprint density at radius 1 is 1.03 bits per heavy atom. The third-order valence-electron chi connectivity index (χ3n) is 5.60. The van der Waals surface area contributed by atoms with Crippen LogP contribution in [-0.4, -0.2) is 9.67 Å². The van der Waals surface area contributed by atoms with Crippen LogP contribution in [-0.2, 0) is 5.41 Å². The van der Waals surface area contributed by atoms with Crippen LogP contribution in [0.25, 0.3) is 16.7 Å². The molecule has 0 saturated carbocycles. The molecule has 2 aromatic carbocycles. The SMILES string of the molecule is CC1(C)c2c(F)cc(F)cc2-n2c1cc1oc(=O)c(Sc3ccccc3F)c(O)c1c2=O. The van der Waals surface area contributed by atoms with Gasteiger partial charge in [0.1, 0.15) is 33.3 Å². The summed E-state index contributed by atoms with van der Waals surface area (Å²) in [5, 5.41) is 10.5. The van der Waals surface area contributed by atoms with E-state index in [1.54, 1.807) is 19.9 Å². The van der Waals surface area contributed by atoms with E-state index in [9.17, 15) is 27.9 Å². The van der Waals surface area contributed by atoms with Crippen LogP contribution in [0.3, 0.4) is 0 Å². The molecule has 1 aliphatic heterocycles. The Bertz CT molecular complexity index is 1570. The zero-order chi connectivity index (χ0) is 22.9. The maximum absolute atomic E-state index is 14.7. The first-order valence-electron chi connectivity index (χ1n) is 9.50. The average Bonchev–Trinajstić information content (AvgIpc) is 2.93. The maximum atomic E-state index is 14.7. The van der Waals surface area contributed by atoms with Crippen molar-refractivity contribution in [2.45, 2.75) is 29.1 Å². The predicted molar refractivity (Wildman–Crippen MR) is 112 cm³/mol. The molecule has 1 N–H and O–H groups in total. The number of aromatic nitrogens is 1. The quantitative estimate of drug-likeness (QED) is 0.466. The first-order chi connectivity index (χ1) is 15.1. The smallest absolute Gasteiger partial charge is 0.354 e. The summed E-state index contributed by atoms with van der Waals surface area (Å²) in [6, 6.07) is 8.74. The topological polar surface area (TPSA) is 72.4 Å². The molecule has 0 saturated heterocycles. The summed E-state index contributed by atoms with van der Waals surface area (Å²) >= 11 is 0.615. The number of benzene rings is 2. The molecular formula is C23H14F3NO4S. The van der Waals surface area contributed by atoms with E-state index in [0.717, 1.165) is 16.7 Å². The van der Waals surface area contributed by atoms with Gasteiger partial charge in [0, 0.05) is 33.7 Å². The number of pyridine rings is 1. The Labute approximate surface area is 182 Å². The second-order valence-corrected chi connectivity index (χ2v) is 8.97.